The van der Waals surface area contributed by atoms with Crippen LogP contribution in [0.1, 0.15) is 15.9 Å². The van der Waals surface area contributed by atoms with E-state index in [0.717, 1.165) is 22.4 Å². The van der Waals surface area contributed by atoms with E-state index in [1.54, 1.807) is 19.3 Å². The molecule has 2 nitrogen and oxygen atoms in total. The van der Waals surface area contributed by atoms with E-state index in [9.17, 15) is 4.79 Å². The number of allylic oxidation sites excluding steroid dienone is 1. The maximum Gasteiger partial charge on any atom is 0.185 e. The van der Waals surface area contributed by atoms with E-state index in [-0.39, 0.29) is 5.78 Å². The minimum Gasteiger partial charge on any atom is -0.496 e. The molecule has 0 saturated heterocycles. The van der Waals surface area contributed by atoms with Gasteiger partial charge in [0.05, 0.1) is 7.11 Å². The molecule has 0 aromatic heterocycles. The zero-order chi connectivity index (χ0) is 16.8. The van der Waals surface area contributed by atoms with E-state index < -0.39 is 0 Å². The van der Waals surface area contributed by atoms with Gasteiger partial charge in [-0.1, -0.05) is 72.8 Å². The number of ketones is 1. The number of carbonyl (C=O) groups is 1. The Bertz CT molecular complexity index is 847. The number of ether oxygens (including phenoxy) is 1. The van der Waals surface area contributed by atoms with Crippen molar-refractivity contribution in [2.45, 2.75) is 0 Å². The number of carbonyl (C=O) groups excluding carboxylic acids is 1. The van der Waals surface area contributed by atoms with Crippen LogP contribution in [-0.4, -0.2) is 12.9 Å². The van der Waals surface area contributed by atoms with Crippen LogP contribution in [0.3, 0.4) is 0 Å². The lowest BCUT2D eigenvalue weighted by Crippen LogP contribution is -1.94. The lowest BCUT2D eigenvalue weighted by atomic mass is 10.0. The molecule has 0 unspecified atom stereocenters. The Morgan fingerprint density at radius 3 is 2.12 bits per heavy atom. The molecule has 0 aliphatic rings. The van der Waals surface area contributed by atoms with Crippen molar-refractivity contribution < 1.29 is 9.53 Å². The summed E-state index contributed by atoms with van der Waals surface area (Å²) in [6.45, 7) is 0. The van der Waals surface area contributed by atoms with Crippen molar-refractivity contribution >= 4 is 11.9 Å². The maximum atomic E-state index is 12.3. The summed E-state index contributed by atoms with van der Waals surface area (Å²) in [5.41, 5.74) is 3.79. The van der Waals surface area contributed by atoms with Gasteiger partial charge in [0.25, 0.3) is 0 Å². The third kappa shape index (κ3) is 3.61. The lowest BCUT2D eigenvalue weighted by Gasteiger charge is -2.04. The monoisotopic (exact) mass is 314 g/mol. The van der Waals surface area contributed by atoms with E-state index in [2.05, 4.69) is 12.1 Å². The van der Waals surface area contributed by atoms with Crippen LogP contribution >= 0.6 is 0 Å². The van der Waals surface area contributed by atoms with Gasteiger partial charge in [-0.05, 0) is 29.3 Å². The number of methoxy groups -OCH3 is 1. The van der Waals surface area contributed by atoms with Crippen LogP contribution in [0.2, 0.25) is 0 Å². The molecule has 24 heavy (non-hydrogen) atoms. The van der Waals surface area contributed by atoms with Crippen molar-refractivity contribution in [2.75, 3.05) is 7.11 Å². The zero-order valence-electron chi connectivity index (χ0n) is 13.5. The normalized spacial score (nSPS) is 10.7. The fraction of sp³-hybridized carbons (Fsp3) is 0.0455. The molecule has 3 aromatic rings. The predicted molar refractivity (Wildman–Crippen MR) is 98.2 cm³/mol. The second kappa shape index (κ2) is 7.42. The summed E-state index contributed by atoms with van der Waals surface area (Å²) in [5, 5.41) is 0. The predicted octanol–water partition coefficient (Wildman–Crippen LogP) is 5.26. The highest BCUT2D eigenvalue weighted by Crippen LogP contribution is 2.21. The highest BCUT2D eigenvalue weighted by Gasteiger charge is 2.04. The van der Waals surface area contributed by atoms with Gasteiger partial charge in [0.15, 0.2) is 5.78 Å². The molecule has 0 saturated carbocycles. The Morgan fingerprint density at radius 2 is 1.42 bits per heavy atom. The summed E-state index contributed by atoms with van der Waals surface area (Å²) in [5.74, 6) is 0.724. The molecule has 0 aliphatic carbocycles. The molecule has 118 valence electrons. The molecule has 0 heterocycles. The van der Waals surface area contributed by atoms with Gasteiger partial charge in [-0.3, -0.25) is 4.79 Å². The zero-order valence-corrected chi connectivity index (χ0v) is 13.5. The second-order valence-corrected chi connectivity index (χ2v) is 5.38. The first-order valence-corrected chi connectivity index (χ1v) is 7.79. The van der Waals surface area contributed by atoms with Crippen molar-refractivity contribution in [3.8, 4) is 16.9 Å². The summed E-state index contributed by atoms with van der Waals surface area (Å²) >= 11 is 0. The third-order valence-corrected chi connectivity index (χ3v) is 3.83. The highest BCUT2D eigenvalue weighted by atomic mass is 16.5. The first kappa shape index (κ1) is 15.8. The van der Waals surface area contributed by atoms with Gasteiger partial charge >= 0.3 is 0 Å². The van der Waals surface area contributed by atoms with Gasteiger partial charge in [0.2, 0.25) is 0 Å². The number of rotatable bonds is 5. The first-order chi connectivity index (χ1) is 11.8. The minimum atomic E-state index is -0.0273. The summed E-state index contributed by atoms with van der Waals surface area (Å²) in [6.07, 6.45) is 3.36. The van der Waals surface area contributed by atoms with Crippen LogP contribution in [0.15, 0.2) is 84.9 Å². The molecular formula is C22H18O2. The number of hydrogen-bond donors (Lipinski definition) is 0. The Morgan fingerprint density at radius 1 is 0.792 bits per heavy atom. The van der Waals surface area contributed by atoms with Gasteiger partial charge in [0.1, 0.15) is 5.75 Å². The Hall–Kier alpha value is -3.13. The Balaban J connectivity index is 1.77. The smallest absolute Gasteiger partial charge is 0.185 e. The van der Waals surface area contributed by atoms with E-state index in [1.807, 2.05) is 66.7 Å². The topological polar surface area (TPSA) is 26.3 Å². The van der Waals surface area contributed by atoms with Gasteiger partial charge in [-0.2, -0.15) is 0 Å². The summed E-state index contributed by atoms with van der Waals surface area (Å²) in [4.78, 5) is 12.3. The van der Waals surface area contributed by atoms with Crippen LogP contribution in [0, 0.1) is 0 Å². The molecule has 3 rings (SSSR count). The van der Waals surface area contributed by atoms with Gasteiger partial charge in [-0.25, -0.2) is 0 Å². The fourth-order valence-corrected chi connectivity index (χ4v) is 2.52. The highest BCUT2D eigenvalue weighted by molar-refractivity contribution is 6.07. The van der Waals surface area contributed by atoms with Crippen molar-refractivity contribution in [3.63, 3.8) is 0 Å². The van der Waals surface area contributed by atoms with Crippen LogP contribution in [0.25, 0.3) is 17.2 Å². The summed E-state index contributed by atoms with van der Waals surface area (Å²) in [7, 11) is 1.62. The average molecular weight is 314 g/mol. The van der Waals surface area contributed by atoms with Gasteiger partial charge in [0, 0.05) is 11.1 Å². The molecule has 0 atom stereocenters. The lowest BCUT2D eigenvalue weighted by molar-refractivity contribution is 0.104. The van der Waals surface area contributed by atoms with Crippen LogP contribution < -0.4 is 4.74 Å². The van der Waals surface area contributed by atoms with E-state index in [4.69, 9.17) is 4.74 Å². The van der Waals surface area contributed by atoms with Gasteiger partial charge < -0.3 is 4.74 Å². The van der Waals surface area contributed by atoms with Crippen molar-refractivity contribution in [1.82, 2.24) is 0 Å². The average Bonchev–Trinajstić information content (AvgIpc) is 2.67. The van der Waals surface area contributed by atoms with Crippen LogP contribution in [-0.2, 0) is 0 Å². The first-order valence-electron chi connectivity index (χ1n) is 7.79. The number of hydrogen-bond acceptors (Lipinski definition) is 2. The largest absolute Gasteiger partial charge is 0.496 e. The summed E-state index contributed by atoms with van der Waals surface area (Å²) < 4.78 is 5.29. The standard InChI is InChI=1S/C22H18O2/c1-24-22-10-6-5-9-20(22)15-16-21(23)19-13-11-18(12-14-19)17-7-3-2-4-8-17/h2-16H,1H3. The molecule has 0 bridgehead atoms. The Kier molecular flexibility index (Phi) is 4.87. The van der Waals surface area contributed by atoms with Crippen molar-refractivity contribution in [1.29, 1.82) is 0 Å². The third-order valence-electron chi connectivity index (χ3n) is 3.83. The quantitative estimate of drug-likeness (QED) is 0.474. The minimum absolute atomic E-state index is 0.0273. The number of benzene rings is 3. The molecule has 0 spiro atoms. The van der Waals surface area contributed by atoms with Crippen LogP contribution in [0.4, 0.5) is 0 Å². The number of para-hydroxylation sites is 1. The molecule has 0 amide bonds. The van der Waals surface area contributed by atoms with E-state index in [1.165, 1.54) is 0 Å². The molecule has 0 radical (unpaired) electrons. The SMILES string of the molecule is COc1ccccc1C=CC(=O)c1ccc(-c2ccccc2)cc1. The maximum absolute atomic E-state index is 12.3. The molecular weight excluding hydrogens is 296 g/mol. The molecule has 0 N–H and O–H groups in total. The van der Waals surface area contributed by atoms with E-state index >= 15 is 0 Å². The van der Waals surface area contributed by atoms with Gasteiger partial charge in [-0.15, -0.1) is 0 Å². The molecule has 0 aliphatic heterocycles. The van der Waals surface area contributed by atoms with Crippen molar-refractivity contribution in [2.24, 2.45) is 0 Å². The summed E-state index contributed by atoms with van der Waals surface area (Å²) in [6, 6.07) is 25.4. The van der Waals surface area contributed by atoms with E-state index in [0.29, 0.717) is 5.56 Å². The molecule has 0 fully saturated rings. The fourth-order valence-electron chi connectivity index (χ4n) is 2.52. The second-order valence-electron chi connectivity index (χ2n) is 5.38. The molecule has 3 aromatic carbocycles. The molecule has 2 heteroatoms. The van der Waals surface area contributed by atoms with Crippen molar-refractivity contribution in [3.05, 3.63) is 96.1 Å². The Labute approximate surface area is 142 Å². The van der Waals surface area contributed by atoms with Crippen LogP contribution in [0.5, 0.6) is 5.75 Å².